The third-order valence-electron chi connectivity index (χ3n) is 3.08. The summed E-state index contributed by atoms with van der Waals surface area (Å²) in [5.41, 5.74) is 1.51. The van der Waals surface area contributed by atoms with Crippen molar-refractivity contribution in [1.82, 2.24) is 14.5 Å². The van der Waals surface area contributed by atoms with E-state index in [1.165, 1.54) is 32.6 Å². The predicted octanol–water partition coefficient (Wildman–Crippen LogP) is 1.64. The van der Waals surface area contributed by atoms with E-state index < -0.39 is 10.0 Å². The van der Waals surface area contributed by atoms with E-state index >= 15 is 0 Å². The molecule has 1 aliphatic rings. The van der Waals surface area contributed by atoms with Crippen molar-refractivity contribution in [2.24, 2.45) is 0 Å². The Bertz CT molecular complexity index is 733. The summed E-state index contributed by atoms with van der Waals surface area (Å²) in [6.45, 7) is 1.09. The second-order valence-corrected chi connectivity index (χ2v) is 8.14. The van der Waals surface area contributed by atoms with Crippen LogP contribution in [0.4, 0.5) is 5.13 Å². The van der Waals surface area contributed by atoms with E-state index in [0.29, 0.717) is 23.1 Å². The molecule has 10 heteroatoms. The van der Waals surface area contributed by atoms with E-state index in [0.717, 1.165) is 24.2 Å². The standard InChI is InChI=1S/C11H12N4O3S3/c16-10(13-11-14-12-7-20-11)9-5-8(6-19-9)21(17,18)15-3-1-2-4-15/h5-7H,1-4H2,(H,13,14,16). The van der Waals surface area contributed by atoms with E-state index in [-0.39, 0.29) is 10.8 Å². The summed E-state index contributed by atoms with van der Waals surface area (Å²) in [6.07, 6.45) is 1.77. The molecule has 1 N–H and O–H groups in total. The van der Waals surface area contributed by atoms with E-state index in [1.54, 1.807) is 0 Å². The van der Waals surface area contributed by atoms with Gasteiger partial charge in [0.1, 0.15) is 5.51 Å². The molecule has 7 nitrogen and oxygen atoms in total. The molecule has 0 aromatic carbocycles. The second kappa shape index (κ2) is 5.79. The van der Waals surface area contributed by atoms with Gasteiger partial charge in [-0.25, -0.2) is 8.42 Å². The van der Waals surface area contributed by atoms with Crippen LogP contribution in [0.3, 0.4) is 0 Å². The highest BCUT2D eigenvalue weighted by Crippen LogP contribution is 2.26. The van der Waals surface area contributed by atoms with Crippen LogP contribution in [-0.4, -0.2) is 41.9 Å². The largest absolute Gasteiger partial charge is 0.296 e. The minimum atomic E-state index is -3.48. The fourth-order valence-electron chi connectivity index (χ4n) is 2.04. The second-order valence-electron chi connectivity index (χ2n) is 4.46. The van der Waals surface area contributed by atoms with Gasteiger partial charge in [-0.15, -0.1) is 21.5 Å². The summed E-state index contributed by atoms with van der Waals surface area (Å²) < 4.78 is 26.2. The number of nitrogens with zero attached hydrogens (tertiary/aromatic N) is 3. The number of carbonyl (C=O) groups is 1. The lowest BCUT2D eigenvalue weighted by Gasteiger charge is -2.13. The molecule has 0 aliphatic carbocycles. The topological polar surface area (TPSA) is 92.3 Å². The van der Waals surface area contributed by atoms with Crippen molar-refractivity contribution in [2.45, 2.75) is 17.7 Å². The number of hydrogen-bond donors (Lipinski definition) is 1. The first kappa shape index (κ1) is 14.6. The van der Waals surface area contributed by atoms with E-state index in [4.69, 9.17) is 0 Å². The fraction of sp³-hybridized carbons (Fsp3) is 0.364. The Morgan fingerprint density at radius 1 is 1.29 bits per heavy atom. The van der Waals surface area contributed by atoms with Crippen LogP contribution in [0.15, 0.2) is 21.9 Å². The Balaban J connectivity index is 1.78. The Kier molecular flexibility index (Phi) is 4.02. The molecule has 1 aliphatic heterocycles. The Labute approximate surface area is 129 Å². The number of amides is 1. The van der Waals surface area contributed by atoms with Gasteiger partial charge in [0.05, 0.1) is 9.77 Å². The Hall–Kier alpha value is -1.36. The molecule has 1 fully saturated rings. The molecule has 112 valence electrons. The molecular weight excluding hydrogens is 332 g/mol. The summed E-state index contributed by atoms with van der Waals surface area (Å²) in [6, 6.07) is 1.41. The summed E-state index contributed by atoms with van der Waals surface area (Å²) in [5.74, 6) is -0.375. The maximum atomic E-state index is 12.4. The van der Waals surface area contributed by atoms with Crippen molar-refractivity contribution in [3.63, 3.8) is 0 Å². The number of rotatable bonds is 4. The van der Waals surface area contributed by atoms with Gasteiger partial charge in [0.2, 0.25) is 15.2 Å². The van der Waals surface area contributed by atoms with Crippen molar-refractivity contribution in [3.8, 4) is 0 Å². The number of thiophene rings is 1. The van der Waals surface area contributed by atoms with Crippen LogP contribution in [-0.2, 0) is 10.0 Å². The number of anilines is 1. The number of nitrogens with one attached hydrogen (secondary N) is 1. The smallest absolute Gasteiger partial charge is 0.267 e. The van der Waals surface area contributed by atoms with Crippen LogP contribution in [0, 0.1) is 0 Å². The van der Waals surface area contributed by atoms with Gasteiger partial charge < -0.3 is 0 Å². The molecule has 0 spiro atoms. The van der Waals surface area contributed by atoms with Crippen molar-refractivity contribution in [1.29, 1.82) is 0 Å². The van der Waals surface area contributed by atoms with Crippen molar-refractivity contribution in [2.75, 3.05) is 18.4 Å². The molecule has 1 amide bonds. The van der Waals surface area contributed by atoms with Gasteiger partial charge in [0, 0.05) is 18.5 Å². The molecule has 21 heavy (non-hydrogen) atoms. The molecule has 0 unspecified atom stereocenters. The van der Waals surface area contributed by atoms with E-state index in [2.05, 4.69) is 15.5 Å². The van der Waals surface area contributed by atoms with Crippen LogP contribution < -0.4 is 5.32 Å². The summed E-state index contributed by atoms with van der Waals surface area (Å²) in [7, 11) is -3.48. The Morgan fingerprint density at radius 3 is 2.71 bits per heavy atom. The van der Waals surface area contributed by atoms with Gasteiger partial charge in [-0.3, -0.25) is 10.1 Å². The van der Waals surface area contributed by atoms with Crippen LogP contribution in [0.2, 0.25) is 0 Å². The highest BCUT2D eigenvalue weighted by atomic mass is 32.2. The number of sulfonamides is 1. The zero-order valence-corrected chi connectivity index (χ0v) is 13.3. The highest BCUT2D eigenvalue weighted by molar-refractivity contribution is 7.89. The molecule has 3 rings (SSSR count). The predicted molar refractivity (Wildman–Crippen MR) is 80.2 cm³/mol. The summed E-state index contributed by atoms with van der Waals surface area (Å²) >= 11 is 2.31. The first-order chi connectivity index (χ1) is 10.1. The highest BCUT2D eigenvalue weighted by Gasteiger charge is 2.28. The van der Waals surface area contributed by atoms with Crippen molar-refractivity contribution >= 4 is 43.7 Å². The molecular formula is C11H12N4O3S3. The molecule has 1 saturated heterocycles. The van der Waals surface area contributed by atoms with E-state index in [9.17, 15) is 13.2 Å². The van der Waals surface area contributed by atoms with Gasteiger partial charge in [-0.05, 0) is 18.9 Å². The summed E-state index contributed by atoms with van der Waals surface area (Å²) in [4.78, 5) is 12.5. The minimum Gasteiger partial charge on any atom is -0.296 e. The normalized spacial score (nSPS) is 16.2. The molecule has 2 aromatic rings. The van der Waals surface area contributed by atoms with Crippen LogP contribution in [0.5, 0.6) is 0 Å². The first-order valence-electron chi connectivity index (χ1n) is 6.23. The minimum absolute atomic E-state index is 0.178. The van der Waals surface area contributed by atoms with Crippen LogP contribution >= 0.6 is 22.7 Å². The van der Waals surface area contributed by atoms with Gasteiger partial charge in [-0.1, -0.05) is 11.3 Å². The van der Waals surface area contributed by atoms with Gasteiger partial charge in [-0.2, -0.15) is 4.31 Å². The fourth-order valence-corrected chi connectivity index (χ4v) is 5.15. The third-order valence-corrected chi connectivity index (χ3v) is 6.64. The molecule has 3 heterocycles. The lowest BCUT2D eigenvalue weighted by molar-refractivity contribution is 0.103. The molecule has 0 radical (unpaired) electrons. The van der Waals surface area contributed by atoms with Crippen molar-refractivity contribution in [3.05, 3.63) is 21.8 Å². The van der Waals surface area contributed by atoms with Gasteiger partial charge in [0.15, 0.2) is 0 Å². The number of hydrogen-bond acceptors (Lipinski definition) is 7. The van der Waals surface area contributed by atoms with Crippen LogP contribution in [0.1, 0.15) is 22.5 Å². The van der Waals surface area contributed by atoms with Gasteiger partial charge in [0.25, 0.3) is 5.91 Å². The lowest BCUT2D eigenvalue weighted by atomic mass is 10.4. The summed E-state index contributed by atoms with van der Waals surface area (Å²) in [5, 5.41) is 11.8. The quantitative estimate of drug-likeness (QED) is 0.910. The lowest BCUT2D eigenvalue weighted by Crippen LogP contribution is -2.27. The molecule has 0 bridgehead atoms. The zero-order chi connectivity index (χ0) is 14.9. The molecule has 2 aromatic heterocycles. The maximum absolute atomic E-state index is 12.4. The molecule has 0 atom stereocenters. The van der Waals surface area contributed by atoms with E-state index in [1.807, 2.05) is 0 Å². The number of carbonyl (C=O) groups excluding carboxylic acids is 1. The average molecular weight is 344 g/mol. The molecule has 0 saturated carbocycles. The maximum Gasteiger partial charge on any atom is 0.267 e. The van der Waals surface area contributed by atoms with Gasteiger partial charge >= 0.3 is 0 Å². The first-order valence-corrected chi connectivity index (χ1v) is 9.43. The monoisotopic (exact) mass is 344 g/mol. The Morgan fingerprint density at radius 2 is 2.05 bits per heavy atom. The number of aromatic nitrogens is 2. The zero-order valence-electron chi connectivity index (χ0n) is 10.9. The van der Waals surface area contributed by atoms with Crippen LogP contribution in [0.25, 0.3) is 0 Å². The van der Waals surface area contributed by atoms with Crippen molar-refractivity contribution < 1.29 is 13.2 Å². The third kappa shape index (κ3) is 2.98. The SMILES string of the molecule is O=C(Nc1nncs1)c1cc(S(=O)(=O)N2CCCC2)cs1. The average Bonchev–Trinajstić information content (AvgIpc) is 3.20.